The number of para-hydroxylation sites is 1. The zero-order chi connectivity index (χ0) is 21.6. The summed E-state index contributed by atoms with van der Waals surface area (Å²) in [5.41, 5.74) is 1.80. The predicted octanol–water partition coefficient (Wildman–Crippen LogP) is 5.10. The molecule has 0 bridgehead atoms. The molecule has 1 aliphatic rings. The number of ether oxygens (including phenoxy) is 1. The molecular formula is C23H24ClN3O2S2. The van der Waals surface area contributed by atoms with Gasteiger partial charge in [0.15, 0.2) is 0 Å². The zero-order valence-corrected chi connectivity index (χ0v) is 19.7. The first-order chi connectivity index (χ1) is 15.1. The number of thiophene rings is 1. The van der Waals surface area contributed by atoms with Crippen LogP contribution in [0.25, 0.3) is 6.08 Å². The molecular weight excluding hydrogens is 450 g/mol. The maximum atomic E-state index is 12.7. The highest BCUT2D eigenvalue weighted by atomic mass is 35.5. The van der Waals surface area contributed by atoms with E-state index >= 15 is 0 Å². The predicted molar refractivity (Wildman–Crippen MR) is 128 cm³/mol. The van der Waals surface area contributed by atoms with Crippen LogP contribution in [0.1, 0.15) is 21.1 Å². The molecule has 4 rings (SSSR count). The number of piperazine rings is 1. The molecule has 0 radical (unpaired) electrons. The van der Waals surface area contributed by atoms with Gasteiger partial charge in [-0.3, -0.25) is 9.69 Å². The Hall–Kier alpha value is -2.19. The quantitative estimate of drug-likeness (QED) is 0.448. The third kappa shape index (κ3) is 6.17. The standard InChI is InChI=1S/C23H24ClN3O2S2/c1-17-25-19(16-30-17)15-29-21-5-3-2-4-18(21)6-9-23(28)27-12-10-26(11-13-27)14-20-7-8-22(24)31-20/h2-9,16H,10-15H2,1H3/b9-6-. The molecule has 0 spiro atoms. The Labute approximate surface area is 195 Å². The van der Waals surface area contributed by atoms with Crippen molar-refractivity contribution in [1.29, 1.82) is 0 Å². The Morgan fingerprint density at radius 3 is 2.71 bits per heavy atom. The molecule has 162 valence electrons. The molecule has 5 nitrogen and oxygen atoms in total. The average molecular weight is 474 g/mol. The first kappa shape index (κ1) is 22.0. The second kappa shape index (κ2) is 10.4. The molecule has 0 saturated carbocycles. The molecule has 31 heavy (non-hydrogen) atoms. The summed E-state index contributed by atoms with van der Waals surface area (Å²) in [4.78, 5) is 22.6. The van der Waals surface area contributed by atoms with Crippen LogP contribution in [-0.2, 0) is 17.9 Å². The van der Waals surface area contributed by atoms with Gasteiger partial charge in [0.2, 0.25) is 5.91 Å². The topological polar surface area (TPSA) is 45.7 Å². The first-order valence-electron chi connectivity index (χ1n) is 10.1. The SMILES string of the molecule is Cc1nc(COc2ccccc2/C=C\C(=O)N2CCN(Cc3ccc(Cl)s3)CC2)cs1. The van der Waals surface area contributed by atoms with E-state index in [0.29, 0.717) is 6.61 Å². The summed E-state index contributed by atoms with van der Waals surface area (Å²) in [6, 6.07) is 11.8. The molecule has 1 amide bonds. The van der Waals surface area contributed by atoms with Crippen LogP contribution in [0.15, 0.2) is 47.9 Å². The van der Waals surface area contributed by atoms with Gasteiger partial charge in [-0.05, 0) is 31.2 Å². The first-order valence-corrected chi connectivity index (χ1v) is 12.2. The summed E-state index contributed by atoms with van der Waals surface area (Å²) in [6.07, 6.45) is 3.48. The number of hydrogen-bond donors (Lipinski definition) is 0. The number of carbonyl (C=O) groups excluding carboxylic acids is 1. The number of aromatic nitrogens is 1. The lowest BCUT2D eigenvalue weighted by Crippen LogP contribution is -2.47. The fraction of sp³-hybridized carbons (Fsp3) is 0.304. The Morgan fingerprint density at radius 1 is 1.19 bits per heavy atom. The maximum absolute atomic E-state index is 12.7. The molecule has 0 N–H and O–H groups in total. The monoisotopic (exact) mass is 473 g/mol. The largest absolute Gasteiger partial charge is 0.487 e. The smallest absolute Gasteiger partial charge is 0.246 e. The minimum absolute atomic E-state index is 0.0312. The summed E-state index contributed by atoms with van der Waals surface area (Å²) in [6.45, 7) is 6.46. The normalized spacial score (nSPS) is 15.0. The third-order valence-corrected chi connectivity index (χ3v) is 7.10. The molecule has 1 saturated heterocycles. The van der Waals surface area contributed by atoms with Gasteiger partial charge in [0, 0.05) is 54.6 Å². The second-order valence-corrected chi connectivity index (χ2v) is 10.2. The number of aryl methyl sites for hydroxylation is 1. The lowest BCUT2D eigenvalue weighted by atomic mass is 10.2. The van der Waals surface area contributed by atoms with E-state index in [2.05, 4.69) is 16.0 Å². The minimum atomic E-state index is 0.0312. The summed E-state index contributed by atoms with van der Waals surface area (Å²) in [5, 5.41) is 3.03. The van der Waals surface area contributed by atoms with E-state index in [1.54, 1.807) is 28.7 Å². The fourth-order valence-electron chi connectivity index (χ4n) is 3.43. The number of thiazole rings is 1. The molecule has 1 aromatic carbocycles. The number of rotatable bonds is 7. The molecule has 3 aromatic rings. The summed E-state index contributed by atoms with van der Waals surface area (Å²) in [7, 11) is 0. The number of amides is 1. The van der Waals surface area contributed by atoms with Crippen molar-refractivity contribution in [2.24, 2.45) is 0 Å². The lowest BCUT2D eigenvalue weighted by Gasteiger charge is -2.34. The number of nitrogens with zero attached hydrogens (tertiary/aromatic N) is 3. The number of halogens is 1. The van der Waals surface area contributed by atoms with Gasteiger partial charge in [-0.1, -0.05) is 29.8 Å². The van der Waals surface area contributed by atoms with Crippen LogP contribution in [0.2, 0.25) is 4.34 Å². The van der Waals surface area contributed by atoms with Crippen molar-refractivity contribution in [3.63, 3.8) is 0 Å². The zero-order valence-electron chi connectivity index (χ0n) is 17.3. The van der Waals surface area contributed by atoms with Crippen molar-refractivity contribution in [2.45, 2.75) is 20.1 Å². The highest BCUT2D eigenvalue weighted by molar-refractivity contribution is 7.16. The summed E-state index contributed by atoms with van der Waals surface area (Å²) in [5.74, 6) is 0.778. The van der Waals surface area contributed by atoms with E-state index in [0.717, 1.165) is 59.1 Å². The molecule has 0 atom stereocenters. The third-order valence-electron chi connectivity index (χ3n) is 5.06. The van der Waals surface area contributed by atoms with E-state index in [1.807, 2.05) is 53.6 Å². The van der Waals surface area contributed by atoms with Gasteiger partial charge < -0.3 is 9.64 Å². The van der Waals surface area contributed by atoms with Crippen LogP contribution in [0.5, 0.6) is 5.75 Å². The van der Waals surface area contributed by atoms with Crippen LogP contribution in [-0.4, -0.2) is 46.9 Å². The lowest BCUT2D eigenvalue weighted by molar-refractivity contribution is -0.127. The van der Waals surface area contributed by atoms with Gasteiger partial charge in [0.25, 0.3) is 0 Å². The maximum Gasteiger partial charge on any atom is 0.246 e. The van der Waals surface area contributed by atoms with E-state index in [9.17, 15) is 4.79 Å². The van der Waals surface area contributed by atoms with Gasteiger partial charge in [-0.2, -0.15) is 0 Å². The minimum Gasteiger partial charge on any atom is -0.487 e. The molecule has 1 aliphatic heterocycles. The van der Waals surface area contributed by atoms with Crippen LogP contribution in [0, 0.1) is 6.92 Å². The van der Waals surface area contributed by atoms with Gasteiger partial charge in [0.1, 0.15) is 12.4 Å². The number of benzene rings is 1. The average Bonchev–Trinajstić information content (AvgIpc) is 3.39. The molecule has 8 heteroatoms. The Bertz CT molecular complexity index is 1050. The highest BCUT2D eigenvalue weighted by Crippen LogP contribution is 2.24. The Balaban J connectivity index is 1.30. The van der Waals surface area contributed by atoms with E-state index in [4.69, 9.17) is 16.3 Å². The molecule has 3 heterocycles. The molecule has 0 unspecified atom stereocenters. The Morgan fingerprint density at radius 2 is 2.00 bits per heavy atom. The van der Waals surface area contributed by atoms with Crippen LogP contribution >= 0.6 is 34.3 Å². The fourth-order valence-corrected chi connectivity index (χ4v) is 5.15. The second-order valence-electron chi connectivity index (χ2n) is 7.32. The van der Waals surface area contributed by atoms with Gasteiger partial charge in [0.05, 0.1) is 15.0 Å². The van der Waals surface area contributed by atoms with E-state index in [-0.39, 0.29) is 5.91 Å². The molecule has 1 fully saturated rings. The summed E-state index contributed by atoms with van der Waals surface area (Å²) < 4.78 is 6.76. The van der Waals surface area contributed by atoms with Gasteiger partial charge in [-0.25, -0.2) is 4.98 Å². The van der Waals surface area contributed by atoms with Crippen molar-refractivity contribution in [1.82, 2.24) is 14.8 Å². The molecule has 2 aromatic heterocycles. The van der Waals surface area contributed by atoms with Gasteiger partial charge in [-0.15, -0.1) is 22.7 Å². The Kier molecular flexibility index (Phi) is 7.40. The van der Waals surface area contributed by atoms with Crippen LogP contribution < -0.4 is 4.74 Å². The van der Waals surface area contributed by atoms with Crippen LogP contribution in [0.4, 0.5) is 0 Å². The van der Waals surface area contributed by atoms with Crippen molar-refractivity contribution in [2.75, 3.05) is 26.2 Å². The highest BCUT2D eigenvalue weighted by Gasteiger charge is 2.20. The number of carbonyl (C=O) groups is 1. The van der Waals surface area contributed by atoms with E-state index in [1.165, 1.54) is 4.88 Å². The van der Waals surface area contributed by atoms with Crippen molar-refractivity contribution < 1.29 is 9.53 Å². The van der Waals surface area contributed by atoms with Crippen molar-refractivity contribution in [3.8, 4) is 5.75 Å². The van der Waals surface area contributed by atoms with Crippen LogP contribution in [0.3, 0.4) is 0 Å². The summed E-state index contributed by atoms with van der Waals surface area (Å²) >= 11 is 9.25. The van der Waals surface area contributed by atoms with Crippen molar-refractivity contribution >= 4 is 46.3 Å². The van der Waals surface area contributed by atoms with E-state index < -0.39 is 0 Å². The number of hydrogen-bond acceptors (Lipinski definition) is 6. The van der Waals surface area contributed by atoms with Gasteiger partial charge >= 0.3 is 0 Å². The van der Waals surface area contributed by atoms with Crippen molar-refractivity contribution in [3.05, 3.63) is 73.3 Å². The molecule has 0 aliphatic carbocycles.